The van der Waals surface area contributed by atoms with Gasteiger partial charge in [0.15, 0.2) is 0 Å². The van der Waals surface area contributed by atoms with Gasteiger partial charge in [0.2, 0.25) is 0 Å². The van der Waals surface area contributed by atoms with E-state index in [1.807, 2.05) is 12.3 Å². The smallest absolute Gasteiger partial charge is 0.323 e. The van der Waals surface area contributed by atoms with E-state index in [9.17, 15) is 4.79 Å². The molecular weight excluding hydrogens is 252 g/mol. The minimum atomic E-state index is -0.105. The first-order chi connectivity index (χ1) is 8.74. The molecule has 1 aromatic heterocycles. The van der Waals surface area contributed by atoms with E-state index in [1.165, 1.54) is 0 Å². The van der Waals surface area contributed by atoms with Crippen molar-refractivity contribution in [2.75, 3.05) is 19.7 Å². The molecule has 3 unspecified atom stereocenters. The molecule has 2 aliphatic rings. The number of nitrogens with zero attached hydrogens (tertiary/aromatic N) is 2. The van der Waals surface area contributed by atoms with E-state index in [0.29, 0.717) is 6.61 Å². The standard InChI is InChI=1S/C12H16N2O3S/c1-8-6-9(12(15)17-8)14-3-4-16-10(7-14)11-13-2-5-18-11/h2,5,8-10H,3-4,6-7H2,1H3. The van der Waals surface area contributed by atoms with E-state index < -0.39 is 0 Å². The van der Waals surface area contributed by atoms with Crippen molar-refractivity contribution in [3.8, 4) is 0 Å². The number of morpholine rings is 1. The average Bonchev–Trinajstić information content (AvgIpc) is 2.99. The summed E-state index contributed by atoms with van der Waals surface area (Å²) in [6, 6.07) is -0.105. The van der Waals surface area contributed by atoms with Crippen LogP contribution in [0.4, 0.5) is 0 Å². The van der Waals surface area contributed by atoms with Crippen LogP contribution in [0.2, 0.25) is 0 Å². The third-order valence-corrected chi connectivity index (χ3v) is 4.28. The number of hydrogen-bond acceptors (Lipinski definition) is 6. The van der Waals surface area contributed by atoms with Gasteiger partial charge >= 0.3 is 5.97 Å². The molecule has 2 fully saturated rings. The molecule has 1 aromatic rings. The van der Waals surface area contributed by atoms with Crippen LogP contribution in [0.1, 0.15) is 24.5 Å². The van der Waals surface area contributed by atoms with Crippen LogP contribution in [0.25, 0.3) is 0 Å². The number of carbonyl (C=O) groups excluding carboxylic acids is 1. The van der Waals surface area contributed by atoms with Crippen LogP contribution in [-0.4, -0.2) is 47.7 Å². The van der Waals surface area contributed by atoms with Gasteiger partial charge in [-0.15, -0.1) is 11.3 Å². The van der Waals surface area contributed by atoms with E-state index in [0.717, 1.165) is 24.5 Å². The highest BCUT2D eigenvalue weighted by atomic mass is 32.1. The average molecular weight is 268 g/mol. The van der Waals surface area contributed by atoms with Gasteiger partial charge in [-0.2, -0.15) is 0 Å². The van der Waals surface area contributed by atoms with E-state index in [4.69, 9.17) is 9.47 Å². The Labute approximate surface area is 110 Å². The molecule has 0 spiro atoms. The minimum absolute atomic E-state index is 0.0116. The monoisotopic (exact) mass is 268 g/mol. The summed E-state index contributed by atoms with van der Waals surface area (Å²) in [5.41, 5.74) is 0. The Morgan fingerprint density at radius 3 is 3.11 bits per heavy atom. The summed E-state index contributed by atoms with van der Waals surface area (Å²) in [6.07, 6.45) is 2.59. The van der Waals surface area contributed by atoms with E-state index >= 15 is 0 Å². The van der Waals surface area contributed by atoms with E-state index in [-0.39, 0.29) is 24.2 Å². The van der Waals surface area contributed by atoms with Crippen molar-refractivity contribution in [3.05, 3.63) is 16.6 Å². The van der Waals surface area contributed by atoms with Crippen LogP contribution < -0.4 is 0 Å². The lowest BCUT2D eigenvalue weighted by Gasteiger charge is -2.34. The van der Waals surface area contributed by atoms with Crippen molar-refractivity contribution in [2.45, 2.75) is 31.6 Å². The van der Waals surface area contributed by atoms with Gasteiger partial charge in [-0.3, -0.25) is 9.69 Å². The van der Waals surface area contributed by atoms with Gasteiger partial charge < -0.3 is 9.47 Å². The first-order valence-corrected chi connectivity index (χ1v) is 7.07. The van der Waals surface area contributed by atoms with Crippen LogP contribution in [0.15, 0.2) is 11.6 Å². The summed E-state index contributed by atoms with van der Waals surface area (Å²) in [5.74, 6) is -0.0951. The number of cyclic esters (lactones) is 1. The molecule has 18 heavy (non-hydrogen) atoms. The second-order valence-electron chi connectivity index (χ2n) is 4.72. The fraction of sp³-hybridized carbons (Fsp3) is 0.667. The maximum Gasteiger partial charge on any atom is 0.323 e. The Morgan fingerprint density at radius 1 is 1.56 bits per heavy atom. The largest absolute Gasteiger partial charge is 0.461 e. The predicted molar refractivity (Wildman–Crippen MR) is 66.3 cm³/mol. The summed E-state index contributed by atoms with van der Waals surface area (Å²) in [5, 5.41) is 2.93. The Bertz CT molecular complexity index is 423. The fourth-order valence-corrected chi connectivity index (χ4v) is 3.21. The number of rotatable bonds is 2. The number of esters is 1. The SMILES string of the molecule is CC1CC(N2CCOC(c3nccs3)C2)C(=O)O1. The number of thiazole rings is 1. The molecule has 0 aromatic carbocycles. The Balaban J connectivity index is 1.69. The lowest BCUT2D eigenvalue weighted by molar-refractivity contribution is -0.147. The van der Waals surface area contributed by atoms with Gasteiger partial charge in [0.25, 0.3) is 0 Å². The minimum Gasteiger partial charge on any atom is -0.461 e. The zero-order valence-electron chi connectivity index (χ0n) is 10.2. The van der Waals surface area contributed by atoms with Gasteiger partial charge in [0, 0.05) is 31.1 Å². The van der Waals surface area contributed by atoms with Crippen LogP contribution in [0.5, 0.6) is 0 Å². The molecule has 3 heterocycles. The summed E-state index contributed by atoms with van der Waals surface area (Å²) in [6.45, 7) is 4.09. The molecule has 0 N–H and O–H groups in total. The molecule has 5 nitrogen and oxygen atoms in total. The molecule has 3 rings (SSSR count). The highest BCUT2D eigenvalue weighted by molar-refractivity contribution is 7.09. The maximum atomic E-state index is 11.8. The number of hydrogen-bond donors (Lipinski definition) is 0. The molecule has 0 bridgehead atoms. The second kappa shape index (κ2) is 4.95. The summed E-state index contributed by atoms with van der Waals surface area (Å²) in [7, 11) is 0. The van der Waals surface area contributed by atoms with Gasteiger partial charge in [0.05, 0.1) is 6.61 Å². The number of ether oxygens (including phenoxy) is 2. The van der Waals surface area contributed by atoms with Gasteiger partial charge in [-0.25, -0.2) is 4.98 Å². The van der Waals surface area contributed by atoms with Crippen LogP contribution >= 0.6 is 11.3 Å². The zero-order chi connectivity index (χ0) is 12.5. The molecule has 2 aliphatic heterocycles. The normalized spacial score (nSPS) is 33.6. The molecule has 0 saturated carbocycles. The molecule has 2 saturated heterocycles. The number of aromatic nitrogens is 1. The zero-order valence-corrected chi connectivity index (χ0v) is 11.1. The predicted octanol–water partition coefficient (Wildman–Crippen LogP) is 1.22. The Kier molecular flexibility index (Phi) is 3.32. The lowest BCUT2D eigenvalue weighted by Crippen LogP contribution is -2.46. The summed E-state index contributed by atoms with van der Waals surface area (Å²) in [4.78, 5) is 18.2. The van der Waals surface area contributed by atoms with Crippen LogP contribution in [-0.2, 0) is 14.3 Å². The quantitative estimate of drug-likeness (QED) is 0.755. The first-order valence-electron chi connectivity index (χ1n) is 6.19. The van der Waals surface area contributed by atoms with Crippen molar-refractivity contribution in [3.63, 3.8) is 0 Å². The van der Waals surface area contributed by atoms with Crippen LogP contribution in [0.3, 0.4) is 0 Å². The van der Waals surface area contributed by atoms with E-state index in [1.54, 1.807) is 17.5 Å². The van der Waals surface area contributed by atoms with Crippen molar-refractivity contribution in [1.82, 2.24) is 9.88 Å². The van der Waals surface area contributed by atoms with Crippen LogP contribution in [0, 0.1) is 0 Å². The first kappa shape index (κ1) is 12.1. The molecule has 0 amide bonds. The third kappa shape index (κ3) is 2.28. The molecule has 6 heteroatoms. The summed E-state index contributed by atoms with van der Waals surface area (Å²) < 4.78 is 10.9. The Morgan fingerprint density at radius 2 is 2.44 bits per heavy atom. The van der Waals surface area contributed by atoms with Gasteiger partial charge in [-0.05, 0) is 6.92 Å². The maximum absolute atomic E-state index is 11.8. The fourth-order valence-electron chi connectivity index (χ4n) is 2.53. The highest BCUT2D eigenvalue weighted by Gasteiger charge is 2.39. The van der Waals surface area contributed by atoms with E-state index in [2.05, 4.69) is 9.88 Å². The van der Waals surface area contributed by atoms with Gasteiger partial charge in [-0.1, -0.05) is 0 Å². The molecule has 98 valence electrons. The van der Waals surface area contributed by atoms with Crippen molar-refractivity contribution < 1.29 is 14.3 Å². The highest BCUT2D eigenvalue weighted by Crippen LogP contribution is 2.28. The lowest BCUT2D eigenvalue weighted by atomic mass is 10.1. The Hall–Kier alpha value is -0.980. The molecular formula is C12H16N2O3S. The topological polar surface area (TPSA) is 51.7 Å². The molecule has 3 atom stereocenters. The molecule has 0 aliphatic carbocycles. The van der Waals surface area contributed by atoms with Gasteiger partial charge in [0.1, 0.15) is 23.3 Å². The van der Waals surface area contributed by atoms with Crippen molar-refractivity contribution >= 4 is 17.3 Å². The third-order valence-electron chi connectivity index (χ3n) is 3.41. The van der Waals surface area contributed by atoms with Crippen molar-refractivity contribution in [1.29, 1.82) is 0 Å². The molecule has 0 radical (unpaired) electrons. The summed E-state index contributed by atoms with van der Waals surface area (Å²) >= 11 is 1.60. The number of carbonyl (C=O) groups is 1. The van der Waals surface area contributed by atoms with Crippen molar-refractivity contribution in [2.24, 2.45) is 0 Å². The second-order valence-corrected chi connectivity index (χ2v) is 5.65.